The number of thioether (sulfide) groups is 1. The second-order valence-corrected chi connectivity index (χ2v) is 6.80. The Balaban J connectivity index is 1.53. The number of aromatic nitrogens is 1. The van der Waals surface area contributed by atoms with E-state index >= 15 is 0 Å². The highest BCUT2D eigenvalue weighted by molar-refractivity contribution is 8.00. The fourth-order valence-corrected chi connectivity index (χ4v) is 3.25. The minimum Gasteiger partial charge on any atom is -0.361 e. The molecule has 1 aliphatic carbocycles. The smallest absolute Gasteiger partial charge is 0.220 e. The molecular weight excluding hydrogens is 268 g/mol. The number of aryl methyl sites for hydroxylation is 1. The summed E-state index contributed by atoms with van der Waals surface area (Å²) >= 11 is 1.88. The zero-order chi connectivity index (χ0) is 14.0. The molecule has 2 aromatic rings. The number of rotatable bonds is 6. The van der Waals surface area contributed by atoms with Crippen LogP contribution in [0.3, 0.4) is 0 Å². The lowest BCUT2D eigenvalue weighted by molar-refractivity contribution is -0.121. The van der Waals surface area contributed by atoms with Crippen LogP contribution < -0.4 is 5.32 Å². The first-order chi connectivity index (χ1) is 9.72. The Morgan fingerprint density at radius 1 is 1.40 bits per heavy atom. The normalized spacial score (nSPS) is 16.2. The summed E-state index contributed by atoms with van der Waals surface area (Å²) in [5, 5.41) is 4.30. The van der Waals surface area contributed by atoms with Crippen LogP contribution in [0.4, 0.5) is 0 Å². The van der Waals surface area contributed by atoms with Gasteiger partial charge in [-0.05, 0) is 37.1 Å². The number of amides is 1. The predicted molar refractivity (Wildman–Crippen MR) is 85.1 cm³/mol. The van der Waals surface area contributed by atoms with Gasteiger partial charge in [0.15, 0.2) is 0 Å². The Labute approximate surface area is 123 Å². The third kappa shape index (κ3) is 2.85. The Morgan fingerprint density at radius 3 is 2.95 bits per heavy atom. The fourth-order valence-electron chi connectivity index (χ4n) is 2.53. The lowest BCUT2D eigenvalue weighted by Gasteiger charge is -2.12. The number of H-pyrrole nitrogens is 1. The van der Waals surface area contributed by atoms with Crippen LogP contribution in [0.25, 0.3) is 10.9 Å². The minimum atomic E-state index is 0.163. The molecule has 3 rings (SSSR count). The molecule has 0 aliphatic heterocycles. The van der Waals surface area contributed by atoms with Gasteiger partial charge in [-0.3, -0.25) is 4.79 Å². The van der Waals surface area contributed by atoms with E-state index in [1.807, 2.05) is 30.1 Å². The molecule has 0 unspecified atom stereocenters. The van der Waals surface area contributed by atoms with Gasteiger partial charge in [-0.2, -0.15) is 11.8 Å². The third-order valence-corrected chi connectivity index (χ3v) is 5.56. The van der Waals surface area contributed by atoms with Gasteiger partial charge in [0.25, 0.3) is 0 Å². The van der Waals surface area contributed by atoms with Crippen LogP contribution in [0, 0.1) is 0 Å². The molecule has 3 nitrogen and oxygen atoms in total. The highest BCUT2D eigenvalue weighted by atomic mass is 32.2. The Kier molecular flexibility index (Phi) is 3.74. The largest absolute Gasteiger partial charge is 0.361 e. The summed E-state index contributed by atoms with van der Waals surface area (Å²) in [6.07, 6.45) is 7.97. The molecule has 0 atom stereocenters. The molecule has 20 heavy (non-hydrogen) atoms. The van der Waals surface area contributed by atoms with Gasteiger partial charge in [0.05, 0.1) is 0 Å². The summed E-state index contributed by atoms with van der Waals surface area (Å²) in [5.41, 5.74) is 2.36. The van der Waals surface area contributed by atoms with Gasteiger partial charge in [0.1, 0.15) is 0 Å². The number of carbonyl (C=O) groups excluding carboxylic acids is 1. The Bertz CT molecular complexity index is 616. The van der Waals surface area contributed by atoms with Crippen molar-refractivity contribution in [2.24, 2.45) is 0 Å². The molecule has 1 fully saturated rings. The summed E-state index contributed by atoms with van der Waals surface area (Å²) in [5.74, 6) is 0.163. The number of nitrogens with one attached hydrogen (secondary N) is 2. The molecule has 1 saturated carbocycles. The van der Waals surface area contributed by atoms with E-state index in [0.717, 1.165) is 18.5 Å². The van der Waals surface area contributed by atoms with Crippen molar-refractivity contribution in [3.05, 3.63) is 36.0 Å². The maximum Gasteiger partial charge on any atom is 0.220 e. The molecular formula is C16H20N2OS. The van der Waals surface area contributed by atoms with Crippen molar-refractivity contribution >= 4 is 28.6 Å². The van der Waals surface area contributed by atoms with Gasteiger partial charge in [-0.25, -0.2) is 0 Å². The van der Waals surface area contributed by atoms with E-state index in [1.54, 1.807) is 0 Å². The van der Waals surface area contributed by atoms with Crippen LogP contribution in [-0.2, 0) is 11.2 Å². The number of aromatic amines is 1. The molecule has 0 bridgehead atoms. The topological polar surface area (TPSA) is 44.9 Å². The van der Waals surface area contributed by atoms with E-state index < -0.39 is 0 Å². The second kappa shape index (κ2) is 5.52. The molecule has 0 radical (unpaired) electrons. The highest BCUT2D eigenvalue weighted by Crippen LogP contribution is 2.46. The van der Waals surface area contributed by atoms with Gasteiger partial charge in [0.2, 0.25) is 5.91 Å². The average molecular weight is 288 g/mol. The summed E-state index contributed by atoms with van der Waals surface area (Å²) in [4.78, 5) is 15.2. The Hall–Kier alpha value is -1.42. The van der Waals surface area contributed by atoms with E-state index in [2.05, 4.69) is 28.7 Å². The summed E-state index contributed by atoms with van der Waals surface area (Å²) in [6, 6.07) is 8.22. The number of benzene rings is 1. The van der Waals surface area contributed by atoms with E-state index in [0.29, 0.717) is 11.2 Å². The van der Waals surface area contributed by atoms with Crippen molar-refractivity contribution in [1.82, 2.24) is 10.3 Å². The zero-order valence-corrected chi connectivity index (χ0v) is 12.6. The van der Waals surface area contributed by atoms with Gasteiger partial charge in [-0.1, -0.05) is 18.2 Å². The molecule has 106 valence electrons. The molecule has 2 N–H and O–H groups in total. The van der Waals surface area contributed by atoms with Gasteiger partial charge < -0.3 is 10.3 Å². The van der Waals surface area contributed by atoms with E-state index in [4.69, 9.17) is 0 Å². The molecule has 1 aromatic carbocycles. The monoisotopic (exact) mass is 288 g/mol. The third-order valence-electron chi connectivity index (χ3n) is 4.14. The maximum atomic E-state index is 11.9. The highest BCUT2D eigenvalue weighted by Gasteiger charge is 2.41. The van der Waals surface area contributed by atoms with Crippen molar-refractivity contribution in [3.8, 4) is 0 Å². The van der Waals surface area contributed by atoms with Crippen LogP contribution >= 0.6 is 11.8 Å². The molecule has 4 heteroatoms. The molecule has 0 spiro atoms. The van der Waals surface area contributed by atoms with Crippen LogP contribution in [0.15, 0.2) is 30.5 Å². The quantitative estimate of drug-likeness (QED) is 0.858. The standard InChI is InChI=1S/C16H20N2OS/c1-20-16(8-9-16)11-18-15(19)7-6-12-10-17-14-5-3-2-4-13(12)14/h2-5,10,17H,6-9,11H2,1H3,(H,18,19). The molecule has 1 amide bonds. The molecule has 1 aliphatic rings. The summed E-state index contributed by atoms with van der Waals surface area (Å²) in [6.45, 7) is 0.820. The van der Waals surface area contributed by atoms with Crippen LogP contribution in [0.2, 0.25) is 0 Å². The van der Waals surface area contributed by atoms with Crippen molar-refractivity contribution < 1.29 is 4.79 Å². The number of carbonyl (C=O) groups is 1. The second-order valence-electron chi connectivity index (χ2n) is 5.52. The zero-order valence-electron chi connectivity index (χ0n) is 11.7. The number of para-hydroxylation sites is 1. The molecule has 1 heterocycles. The van der Waals surface area contributed by atoms with Crippen molar-refractivity contribution in [1.29, 1.82) is 0 Å². The predicted octanol–water partition coefficient (Wildman–Crippen LogP) is 3.11. The maximum absolute atomic E-state index is 11.9. The van der Waals surface area contributed by atoms with E-state index in [-0.39, 0.29) is 5.91 Å². The van der Waals surface area contributed by atoms with Crippen molar-refractivity contribution in [2.75, 3.05) is 12.8 Å². The van der Waals surface area contributed by atoms with Crippen molar-refractivity contribution in [2.45, 2.75) is 30.4 Å². The average Bonchev–Trinajstić information content (AvgIpc) is 3.16. The first-order valence-corrected chi connectivity index (χ1v) is 8.32. The lowest BCUT2D eigenvalue weighted by atomic mass is 10.1. The number of fused-ring (bicyclic) bond motifs is 1. The first kappa shape index (κ1) is 13.6. The number of hydrogen-bond donors (Lipinski definition) is 2. The van der Waals surface area contributed by atoms with Crippen molar-refractivity contribution in [3.63, 3.8) is 0 Å². The van der Waals surface area contributed by atoms with Gasteiger partial charge in [0, 0.05) is 34.8 Å². The fraction of sp³-hybridized carbons (Fsp3) is 0.438. The van der Waals surface area contributed by atoms with Gasteiger partial charge >= 0.3 is 0 Å². The summed E-state index contributed by atoms with van der Waals surface area (Å²) in [7, 11) is 0. The van der Waals surface area contributed by atoms with Crippen LogP contribution in [0.5, 0.6) is 0 Å². The number of hydrogen-bond acceptors (Lipinski definition) is 2. The van der Waals surface area contributed by atoms with E-state index in [1.165, 1.54) is 23.8 Å². The SMILES string of the molecule is CSC1(CNC(=O)CCc2c[nH]c3ccccc23)CC1. The summed E-state index contributed by atoms with van der Waals surface area (Å²) < 4.78 is 0.344. The van der Waals surface area contributed by atoms with E-state index in [9.17, 15) is 4.79 Å². The first-order valence-electron chi connectivity index (χ1n) is 7.09. The lowest BCUT2D eigenvalue weighted by Crippen LogP contribution is -2.31. The minimum absolute atomic E-state index is 0.163. The molecule has 1 aromatic heterocycles. The van der Waals surface area contributed by atoms with Gasteiger partial charge in [-0.15, -0.1) is 0 Å². The van der Waals surface area contributed by atoms with Crippen LogP contribution in [0.1, 0.15) is 24.8 Å². The molecule has 0 saturated heterocycles. The van der Waals surface area contributed by atoms with Crippen LogP contribution in [-0.4, -0.2) is 28.4 Å². The Morgan fingerprint density at radius 2 is 2.20 bits per heavy atom.